The van der Waals surface area contributed by atoms with Crippen LogP contribution in [-0.4, -0.2) is 58.9 Å². The predicted molar refractivity (Wildman–Crippen MR) is 69.5 cm³/mol. The van der Waals surface area contributed by atoms with Crippen LogP contribution in [0.5, 0.6) is 0 Å². The summed E-state index contributed by atoms with van der Waals surface area (Å²) in [6.07, 6.45) is 2.66. The monoisotopic (exact) mass is 270 g/mol. The van der Waals surface area contributed by atoms with Crippen molar-refractivity contribution in [3.8, 4) is 0 Å². The summed E-state index contributed by atoms with van der Waals surface area (Å²) in [7, 11) is 1.59. The average molecular weight is 270 g/mol. The molecule has 1 fully saturated rings. The van der Waals surface area contributed by atoms with Crippen LogP contribution in [0.2, 0.25) is 0 Å². The average Bonchev–Trinajstić information content (AvgIpc) is 2.84. The number of likely N-dealkylation sites (N-methyl/N-ethyl adjacent to an activating group) is 1. The van der Waals surface area contributed by atoms with Gasteiger partial charge < -0.3 is 14.9 Å². The van der Waals surface area contributed by atoms with Crippen LogP contribution in [-0.2, 0) is 14.4 Å². The van der Waals surface area contributed by atoms with Crippen molar-refractivity contribution in [2.75, 3.05) is 20.1 Å². The molecule has 1 saturated heterocycles. The van der Waals surface area contributed by atoms with Crippen molar-refractivity contribution in [3.63, 3.8) is 0 Å². The number of carboxylic acid groups (broad SMARTS) is 1. The van der Waals surface area contributed by atoms with E-state index in [4.69, 9.17) is 5.11 Å². The van der Waals surface area contributed by atoms with Gasteiger partial charge in [-0.3, -0.25) is 14.4 Å². The van der Waals surface area contributed by atoms with E-state index < -0.39 is 12.0 Å². The first-order valence-electron chi connectivity index (χ1n) is 6.73. The zero-order valence-electron chi connectivity index (χ0n) is 11.6. The molecule has 19 heavy (non-hydrogen) atoms. The lowest BCUT2D eigenvalue weighted by molar-refractivity contribution is -0.144. The summed E-state index contributed by atoms with van der Waals surface area (Å²) >= 11 is 0. The number of carbonyl (C=O) groups is 3. The maximum Gasteiger partial charge on any atom is 0.305 e. The molecule has 1 aliphatic rings. The van der Waals surface area contributed by atoms with Crippen LogP contribution in [0, 0.1) is 0 Å². The van der Waals surface area contributed by atoms with Crippen molar-refractivity contribution in [2.45, 2.75) is 45.1 Å². The summed E-state index contributed by atoms with van der Waals surface area (Å²) in [6.45, 7) is 2.74. The molecular formula is C13H22N2O4. The molecule has 2 amide bonds. The number of carbonyl (C=O) groups excluding carboxylic acids is 2. The van der Waals surface area contributed by atoms with E-state index in [-0.39, 0.29) is 24.8 Å². The largest absolute Gasteiger partial charge is 0.481 e. The van der Waals surface area contributed by atoms with Gasteiger partial charge in [-0.1, -0.05) is 6.92 Å². The molecule has 0 aliphatic carbocycles. The second kappa shape index (κ2) is 7.11. The number of rotatable bonds is 6. The highest BCUT2D eigenvalue weighted by Crippen LogP contribution is 2.20. The molecule has 1 heterocycles. The topological polar surface area (TPSA) is 77.9 Å². The van der Waals surface area contributed by atoms with Gasteiger partial charge in [0.15, 0.2) is 0 Å². The van der Waals surface area contributed by atoms with E-state index in [9.17, 15) is 14.4 Å². The third-order valence-electron chi connectivity index (χ3n) is 3.36. The molecule has 0 bridgehead atoms. The van der Waals surface area contributed by atoms with Gasteiger partial charge in [-0.15, -0.1) is 0 Å². The van der Waals surface area contributed by atoms with Crippen LogP contribution >= 0.6 is 0 Å². The molecule has 0 radical (unpaired) electrons. The lowest BCUT2D eigenvalue weighted by atomic mass is 10.1. The molecule has 0 aromatic carbocycles. The standard InChI is InChI=1S/C13H22N2O4/c1-3-5-11(16)15-8-4-6-10(15)13(19)14(2)9-7-12(17)18/h10H,3-9H2,1-2H3,(H,17,18). The summed E-state index contributed by atoms with van der Waals surface area (Å²) in [6, 6.07) is -0.405. The lowest BCUT2D eigenvalue weighted by Gasteiger charge is -2.27. The lowest BCUT2D eigenvalue weighted by Crippen LogP contribution is -2.46. The molecular weight excluding hydrogens is 248 g/mol. The van der Waals surface area contributed by atoms with E-state index in [1.54, 1.807) is 11.9 Å². The fourth-order valence-corrected chi connectivity index (χ4v) is 2.31. The highest BCUT2D eigenvalue weighted by molar-refractivity contribution is 5.88. The van der Waals surface area contributed by atoms with E-state index in [1.807, 2.05) is 6.92 Å². The van der Waals surface area contributed by atoms with Gasteiger partial charge in [0, 0.05) is 26.6 Å². The van der Waals surface area contributed by atoms with Gasteiger partial charge >= 0.3 is 5.97 Å². The molecule has 1 atom stereocenters. The third-order valence-corrected chi connectivity index (χ3v) is 3.36. The predicted octanol–water partition coefficient (Wildman–Crippen LogP) is 0.711. The molecule has 0 aromatic rings. The van der Waals surface area contributed by atoms with Crippen molar-refractivity contribution in [1.29, 1.82) is 0 Å². The minimum absolute atomic E-state index is 0.0185. The van der Waals surface area contributed by atoms with E-state index in [0.29, 0.717) is 19.4 Å². The summed E-state index contributed by atoms with van der Waals surface area (Å²) in [4.78, 5) is 37.7. The Hall–Kier alpha value is -1.59. The van der Waals surface area contributed by atoms with Crippen LogP contribution in [0.3, 0.4) is 0 Å². The molecule has 1 aliphatic heterocycles. The van der Waals surface area contributed by atoms with Gasteiger partial charge in [0.05, 0.1) is 6.42 Å². The Balaban J connectivity index is 2.59. The summed E-state index contributed by atoms with van der Waals surface area (Å²) in [5.74, 6) is -1.06. The quantitative estimate of drug-likeness (QED) is 0.771. The highest BCUT2D eigenvalue weighted by Gasteiger charge is 2.35. The maximum atomic E-state index is 12.2. The molecule has 1 rings (SSSR count). The van der Waals surface area contributed by atoms with Crippen LogP contribution in [0.15, 0.2) is 0 Å². The summed E-state index contributed by atoms with van der Waals surface area (Å²) < 4.78 is 0. The Morgan fingerprint density at radius 3 is 2.58 bits per heavy atom. The van der Waals surface area contributed by atoms with Gasteiger partial charge in [-0.25, -0.2) is 0 Å². The van der Waals surface area contributed by atoms with Gasteiger partial charge in [-0.2, -0.15) is 0 Å². The van der Waals surface area contributed by atoms with Crippen molar-refractivity contribution in [1.82, 2.24) is 9.80 Å². The minimum Gasteiger partial charge on any atom is -0.481 e. The van der Waals surface area contributed by atoms with Gasteiger partial charge in [0.1, 0.15) is 6.04 Å². The maximum absolute atomic E-state index is 12.2. The number of amides is 2. The van der Waals surface area contributed by atoms with E-state index >= 15 is 0 Å². The minimum atomic E-state index is -0.926. The fraction of sp³-hybridized carbons (Fsp3) is 0.769. The Morgan fingerprint density at radius 1 is 1.32 bits per heavy atom. The van der Waals surface area contributed by atoms with Gasteiger partial charge in [-0.05, 0) is 19.3 Å². The normalized spacial score (nSPS) is 18.4. The highest BCUT2D eigenvalue weighted by atomic mass is 16.4. The Kier molecular flexibility index (Phi) is 5.79. The summed E-state index contributed by atoms with van der Waals surface area (Å²) in [5, 5.41) is 8.62. The molecule has 0 spiro atoms. The Bertz CT molecular complexity index is 357. The van der Waals surface area contributed by atoms with Gasteiger partial charge in [0.25, 0.3) is 0 Å². The summed E-state index contributed by atoms with van der Waals surface area (Å²) in [5.41, 5.74) is 0. The molecule has 1 unspecified atom stereocenters. The number of nitrogens with zero attached hydrogens (tertiary/aromatic N) is 2. The van der Waals surface area contributed by atoms with Crippen molar-refractivity contribution in [2.24, 2.45) is 0 Å². The second-order valence-corrected chi connectivity index (χ2v) is 4.90. The van der Waals surface area contributed by atoms with Gasteiger partial charge in [0.2, 0.25) is 11.8 Å². The number of carboxylic acids is 1. The third kappa shape index (κ3) is 4.22. The zero-order chi connectivity index (χ0) is 14.4. The number of likely N-dealkylation sites (tertiary alicyclic amines) is 1. The van der Waals surface area contributed by atoms with Crippen LogP contribution in [0.4, 0.5) is 0 Å². The van der Waals surface area contributed by atoms with E-state index in [2.05, 4.69) is 0 Å². The first-order chi connectivity index (χ1) is 8.97. The van der Waals surface area contributed by atoms with Crippen LogP contribution in [0.1, 0.15) is 39.0 Å². The molecule has 1 N–H and O–H groups in total. The van der Waals surface area contributed by atoms with E-state index in [0.717, 1.165) is 12.8 Å². The number of hydrogen-bond donors (Lipinski definition) is 1. The smallest absolute Gasteiger partial charge is 0.305 e. The van der Waals surface area contributed by atoms with Crippen LogP contribution in [0.25, 0.3) is 0 Å². The Morgan fingerprint density at radius 2 is 2.00 bits per heavy atom. The molecule has 6 heteroatoms. The van der Waals surface area contributed by atoms with Crippen molar-refractivity contribution >= 4 is 17.8 Å². The first-order valence-corrected chi connectivity index (χ1v) is 6.73. The second-order valence-electron chi connectivity index (χ2n) is 4.90. The zero-order valence-corrected chi connectivity index (χ0v) is 11.6. The fourth-order valence-electron chi connectivity index (χ4n) is 2.31. The molecule has 0 aromatic heterocycles. The molecule has 6 nitrogen and oxygen atoms in total. The number of aliphatic carboxylic acids is 1. The van der Waals surface area contributed by atoms with Crippen LogP contribution < -0.4 is 0 Å². The van der Waals surface area contributed by atoms with Crippen molar-refractivity contribution < 1.29 is 19.5 Å². The van der Waals surface area contributed by atoms with Crippen molar-refractivity contribution in [3.05, 3.63) is 0 Å². The van der Waals surface area contributed by atoms with E-state index in [1.165, 1.54) is 4.90 Å². The first kappa shape index (κ1) is 15.5. The number of hydrogen-bond acceptors (Lipinski definition) is 3. The molecule has 0 saturated carbocycles. The Labute approximate surface area is 113 Å². The SMILES string of the molecule is CCCC(=O)N1CCCC1C(=O)N(C)CCC(=O)O. The molecule has 108 valence electrons.